The van der Waals surface area contributed by atoms with Crippen LogP contribution < -0.4 is 4.90 Å². The van der Waals surface area contributed by atoms with Gasteiger partial charge in [-0.2, -0.15) is 0 Å². The number of hydrogen-bond acceptors (Lipinski definition) is 5. The van der Waals surface area contributed by atoms with Crippen LogP contribution in [0.15, 0.2) is 46.2 Å². The van der Waals surface area contributed by atoms with Crippen molar-refractivity contribution in [3.8, 4) is 0 Å². The molecule has 0 bridgehead atoms. The van der Waals surface area contributed by atoms with Gasteiger partial charge in [0.05, 0.1) is 17.5 Å². The molecule has 1 saturated carbocycles. The average molecular weight is 427 g/mol. The fourth-order valence-electron chi connectivity index (χ4n) is 4.79. The Morgan fingerprint density at radius 2 is 1.87 bits per heavy atom. The number of aryl methyl sites for hydroxylation is 2. The number of alkyl halides is 1. The Hall–Kier alpha value is -2.60. The van der Waals surface area contributed by atoms with Gasteiger partial charge in [-0.3, -0.25) is 14.5 Å². The van der Waals surface area contributed by atoms with Gasteiger partial charge >= 0.3 is 0 Å². The van der Waals surface area contributed by atoms with Crippen LogP contribution in [-0.2, 0) is 14.3 Å². The van der Waals surface area contributed by atoms with Gasteiger partial charge in [0.25, 0.3) is 5.91 Å². The third-order valence-corrected chi connectivity index (χ3v) is 7.07. The molecular formula is C23H23ClN2O4. The Bertz CT molecular complexity index is 1060. The number of ketones is 1. The molecule has 7 heteroatoms. The summed E-state index contributed by atoms with van der Waals surface area (Å²) in [7, 11) is 0. The van der Waals surface area contributed by atoms with E-state index in [1.165, 1.54) is 4.90 Å². The SMILES string of the molecule is Cc1ccc(C2C3=C(OC4CC(C)C(Cl)CC4C3=O)C(=O)N2c2cc(C)on2)cc1. The van der Waals surface area contributed by atoms with Crippen LogP contribution in [0.4, 0.5) is 5.82 Å². The molecule has 6 nitrogen and oxygen atoms in total. The van der Waals surface area contributed by atoms with E-state index in [0.29, 0.717) is 30.0 Å². The van der Waals surface area contributed by atoms with Crippen molar-refractivity contribution in [2.24, 2.45) is 11.8 Å². The first-order valence-corrected chi connectivity index (χ1v) is 10.7. The number of nitrogens with zero attached hydrogens (tertiary/aromatic N) is 2. The fraction of sp³-hybridized carbons (Fsp3) is 0.435. The van der Waals surface area contributed by atoms with Crippen LogP contribution in [0.3, 0.4) is 0 Å². The summed E-state index contributed by atoms with van der Waals surface area (Å²) < 4.78 is 11.4. The van der Waals surface area contributed by atoms with Crippen LogP contribution >= 0.6 is 11.6 Å². The number of halogens is 1. The molecule has 0 radical (unpaired) electrons. The van der Waals surface area contributed by atoms with Crippen molar-refractivity contribution in [3.63, 3.8) is 0 Å². The van der Waals surface area contributed by atoms with Crippen LogP contribution in [0, 0.1) is 25.7 Å². The number of benzene rings is 1. The highest BCUT2D eigenvalue weighted by atomic mass is 35.5. The van der Waals surface area contributed by atoms with Crippen LogP contribution in [0.2, 0.25) is 0 Å². The summed E-state index contributed by atoms with van der Waals surface area (Å²) in [4.78, 5) is 28.6. The van der Waals surface area contributed by atoms with Gasteiger partial charge in [-0.25, -0.2) is 0 Å². The quantitative estimate of drug-likeness (QED) is 0.671. The van der Waals surface area contributed by atoms with Crippen LogP contribution in [-0.4, -0.2) is 28.3 Å². The Balaban J connectivity index is 1.63. The normalized spacial score (nSPS) is 30.9. The molecule has 0 saturated heterocycles. The maximum absolute atomic E-state index is 13.7. The smallest absolute Gasteiger partial charge is 0.295 e. The van der Waals surface area contributed by atoms with E-state index in [4.69, 9.17) is 20.9 Å². The number of Topliss-reactive ketones (excluding diaryl/α,β-unsaturated/α-hetero) is 1. The van der Waals surface area contributed by atoms with Gasteiger partial charge < -0.3 is 9.26 Å². The van der Waals surface area contributed by atoms with Crippen LogP contribution in [0.1, 0.15) is 42.7 Å². The predicted octanol–water partition coefficient (Wildman–Crippen LogP) is 4.25. The largest absolute Gasteiger partial charge is 0.483 e. The molecule has 1 aromatic carbocycles. The van der Waals surface area contributed by atoms with Crippen LogP contribution in [0.25, 0.3) is 0 Å². The number of ether oxygens (including phenoxy) is 1. The highest BCUT2D eigenvalue weighted by Crippen LogP contribution is 2.49. The number of carbonyl (C=O) groups is 2. The predicted molar refractivity (Wildman–Crippen MR) is 111 cm³/mol. The van der Waals surface area contributed by atoms with Crippen LogP contribution in [0.5, 0.6) is 0 Å². The summed E-state index contributed by atoms with van der Waals surface area (Å²) in [5, 5.41) is 3.98. The second-order valence-electron chi connectivity index (χ2n) is 8.62. The lowest BCUT2D eigenvalue weighted by atomic mass is 9.74. The Morgan fingerprint density at radius 1 is 1.13 bits per heavy atom. The second kappa shape index (κ2) is 6.98. The molecule has 30 heavy (non-hydrogen) atoms. The van der Waals surface area contributed by atoms with Gasteiger partial charge in [-0.15, -0.1) is 11.6 Å². The molecule has 2 aromatic rings. The monoisotopic (exact) mass is 426 g/mol. The Kier molecular flexibility index (Phi) is 4.51. The number of amides is 1. The molecule has 5 unspecified atom stereocenters. The zero-order valence-corrected chi connectivity index (χ0v) is 17.8. The first kappa shape index (κ1) is 19.4. The van der Waals surface area contributed by atoms with Gasteiger partial charge in [0.2, 0.25) is 0 Å². The number of aromatic nitrogens is 1. The molecule has 3 aliphatic rings. The first-order chi connectivity index (χ1) is 14.3. The van der Waals surface area contributed by atoms with Gasteiger partial charge in [0.15, 0.2) is 17.4 Å². The minimum atomic E-state index is -0.598. The van der Waals surface area contributed by atoms with Crippen molar-refractivity contribution >= 4 is 29.1 Å². The van der Waals surface area contributed by atoms with Crippen molar-refractivity contribution in [2.75, 3.05) is 4.90 Å². The van der Waals surface area contributed by atoms with Gasteiger partial charge in [-0.05, 0) is 38.2 Å². The summed E-state index contributed by atoms with van der Waals surface area (Å²) in [6.07, 6.45) is 0.899. The average Bonchev–Trinajstić information content (AvgIpc) is 3.26. The molecule has 2 aliphatic heterocycles. The molecule has 156 valence electrons. The van der Waals surface area contributed by atoms with Crippen molar-refractivity contribution in [1.82, 2.24) is 5.16 Å². The molecule has 5 rings (SSSR count). The molecule has 1 fully saturated rings. The van der Waals surface area contributed by atoms with Crippen molar-refractivity contribution in [1.29, 1.82) is 0 Å². The van der Waals surface area contributed by atoms with E-state index in [-0.39, 0.29) is 40.8 Å². The van der Waals surface area contributed by atoms with Crippen molar-refractivity contribution in [2.45, 2.75) is 51.1 Å². The summed E-state index contributed by atoms with van der Waals surface area (Å²) in [6, 6.07) is 8.92. The number of anilines is 1. The summed E-state index contributed by atoms with van der Waals surface area (Å²) in [5.74, 6) is 0.610. The first-order valence-electron chi connectivity index (χ1n) is 10.3. The molecule has 1 amide bonds. The molecule has 1 aliphatic carbocycles. The topological polar surface area (TPSA) is 72.6 Å². The summed E-state index contributed by atoms with van der Waals surface area (Å²) in [5.41, 5.74) is 2.34. The molecule has 0 N–H and O–H groups in total. The number of fused-ring (bicyclic) bond motifs is 1. The summed E-state index contributed by atoms with van der Waals surface area (Å²) >= 11 is 6.50. The maximum Gasteiger partial charge on any atom is 0.295 e. The third-order valence-electron chi connectivity index (χ3n) is 6.47. The molecule has 1 aromatic heterocycles. The zero-order chi connectivity index (χ0) is 21.2. The zero-order valence-electron chi connectivity index (χ0n) is 17.1. The van der Waals surface area contributed by atoms with Crippen molar-refractivity contribution < 1.29 is 18.8 Å². The fourth-order valence-corrected chi connectivity index (χ4v) is 5.08. The van der Waals surface area contributed by atoms with E-state index in [0.717, 1.165) is 11.1 Å². The standard InChI is InChI=1S/C23H23ClN2O4/c1-11-4-6-14(7-5-11)20-19-21(27)15-10-16(24)12(2)8-17(15)29-22(19)23(28)26(20)18-9-13(3)30-25-18/h4-7,9,12,15-17,20H,8,10H2,1-3H3. The van der Waals surface area contributed by atoms with E-state index in [9.17, 15) is 9.59 Å². The lowest BCUT2D eigenvalue weighted by Gasteiger charge is -2.39. The van der Waals surface area contributed by atoms with E-state index >= 15 is 0 Å². The lowest BCUT2D eigenvalue weighted by molar-refractivity contribution is -0.132. The van der Waals surface area contributed by atoms with E-state index in [2.05, 4.69) is 12.1 Å². The Morgan fingerprint density at radius 3 is 2.53 bits per heavy atom. The van der Waals surface area contributed by atoms with E-state index in [1.807, 2.05) is 31.2 Å². The second-order valence-corrected chi connectivity index (χ2v) is 9.18. The Labute approximate surface area is 179 Å². The molecular weight excluding hydrogens is 404 g/mol. The van der Waals surface area contributed by atoms with Gasteiger partial charge in [0, 0.05) is 11.4 Å². The number of hydrogen-bond donors (Lipinski definition) is 0. The lowest BCUT2D eigenvalue weighted by Crippen LogP contribution is -2.44. The highest BCUT2D eigenvalue weighted by molar-refractivity contribution is 6.21. The van der Waals surface area contributed by atoms with Gasteiger partial charge in [0.1, 0.15) is 11.9 Å². The van der Waals surface area contributed by atoms with E-state index in [1.54, 1.807) is 13.0 Å². The summed E-state index contributed by atoms with van der Waals surface area (Å²) in [6.45, 7) is 5.82. The molecule has 5 atom stereocenters. The molecule has 0 spiro atoms. The molecule has 3 heterocycles. The highest BCUT2D eigenvalue weighted by Gasteiger charge is 2.54. The maximum atomic E-state index is 13.7. The minimum absolute atomic E-state index is 0.0413. The van der Waals surface area contributed by atoms with Crippen molar-refractivity contribution in [3.05, 3.63) is 58.6 Å². The van der Waals surface area contributed by atoms with Gasteiger partial charge in [-0.1, -0.05) is 41.9 Å². The number of rotatable bonds is 2. The third kappa shape index (κ3) is 2.88. The number of carbonyl (C=O) groups excluding carboxylic acids is 2. The minimum Gasteiger partial charge on any atom is -0.483 e. The van der Waals surface area contributed by atoms with E-state index < -0.39 is 6.04 Å².